The molecule has 0 fully saturated rings. The van der Waals surface area contributed by atoms with Crippen LogP contribution in [0.4, 0.5) is 0 Å². The lowest BCUT2D eigenvalue weighted by molar-refractivity contribution is -0.191. The molecule has 0 saturated heterocycles. The first-order valence-corrected chi connectivity index (χ1v) is 15.0. The van der Waals surface area contributed by atoms with Crippen molar-refractivity contribution in [3.63, 3.8) is 0 Å². The van der Waals surface area contributed by atoms with Crippen LogP contribution < -0.4 is 4.74 Å². The van der Waals surface area contributed by atoms with E-state index in [1.54, 1.807) is 12.2 Å². The molecule has 0 aromatic heterocycles. The molecular weight excluding hydrogens is 528 g/mol. The molecule has 0 amide bonds. The summed E-state index contributed by atoms with van der Waals surface area (Å²) < 4.78 is 31.6. The van der Waals surface area contributed by atoms with E-state index in [9.17, 15) is 5.11 Å². The van der Waals surface area contributed by atoms with Gasteiger partial charge in [0.25, 0.3) is 0 Å². The lowest BCUT2D eigenvalue weighted by Crippen LogP contribution is -2.50. The summed E-state index contributed by atoms with van der Waals surface area (Å²) in [6.07, 6.45) is 3.27. The highest BCUT2D eigenvalue weighted by molar-refractivity contribution is 5.42. The summed E-state index contributed by atoms with van der Waals surface area (Å²) in [6.45, 7) is 23.9. The Bertz CT molecular complexity index is 1060. The van der Waals surface area contributed by atoms with E-state index in [4.69, 9.17) is 23.7 Å². The number of rotatable bonds is 21. The van der Waals surface area contributed by atoms with Crippen molar-refractivity contribution in [2.75, 3.05) is 39.6 Å². The Balaban J connectivity index is 2.28. The Kier molecular flexibility index (Phi) is 14.4. The van der Waals surface area contributed by atoms with Crippen molar-refractivity contribution in [3.05, 3.63) is 91.0 Å². The summed E-state index contributed by atoms with van der Waals surface area (Å²) in [4.78, 5) is 0. The van der Waals surface area contributed by atoms with Gasteiger partial charge in [0.2, 0.25) is 0 Å². The van der Waals surface area contributed by atoms with Crippen molar-refractivity contribution in [1.82, 2.24) is 0 Å². The Morgan fingerprint density at radius 3 is 2.02 bits per heavy atom. The van der Waals surface area contributed by atoms with Gasteiger partial charge in [-0.25, -0.2) is 0 Å². The quantitative estimate of drug-likeness (QED) is 0.123. The maximum atomic E-state index is 9.63. The summed E-state index contributed by atoms with van der Waals surface area (Å²) in [6, 6.07) is 18.6. The van der Waals surface area contributed by atoms with Crippen LogP contribution in [0.25, 0.3) is 0 Å². The predicted molar refractivity (Wildman–Crippen MR) is 171 cm³/mol. The number of ether oxygens (including phenoxy) is 5. The number of hydrogen-bond acceptors (Lipinski definition) is 6. The zero-order valence-electron chi connectivity index (χ0n) is 26.9. The zero-order chi connectivity index (χ0) is 31.2. The zero-order valence-corrected chi connectivity index (χ0v) is 26.9. The molecule has 6 heteroatoms. The minimum Gasteiger partial charge on any atom is -0.485 e. The van der Waals surface area contributed by atoms with Crippen LogP contribution in [0.5, 0.6) is 5.75 Å². The fourth-order valence-corrected chi connectivity index (χ4v) is 4.69. The smallest absolute Gasteiger partial charge is 0.132 e. The standard InChI is InChI=1S/C36H54O6/c1-10-23-38-25-30(41-36(8,9)34(4,5)21-22-37)26-40-33(27-39-24-11-2)35(6,7)42-32-20-16-15-19-31(32)28(3)29-17-13-12-14-18-29/h10-20,28,30,33,37H,1-2,21-27H2,3-9H3. The normalized spacial score (nSPS) is 14.7. The average molecular weight is 583 g/mol. The molecule has 42 heavy (non-hydrogen) atoms. The van der Waals surface area contributed by atoms with Gasteiger partial charge in [-0.15, -0.1) is 13.2 Å². The molecule has 0 heterocycles. The average Bonchev–Trinajstić information content (AvgIpc) is 2.94. The van der Waals surface area contributed by atoms with Gasteiger partial charge in [0.15, 0.2) is 0 Å². The lowest BCUT2D eigenvalue weighted by Gasteiger charge is -2.44. The number of aliphatic hydroxyl groups is 1. The van der Waals surface area contributed by atoms with Gasteiger partial charge in [0.1, 0.15) is 23.6 Å². The van der Waals surface area contributed by atoms with E-state index in [0.29, 0.717) is 32.8 Å². The minimum absolute atomic E-state index is 0.0898. The molecule has 234 valence electrons. The fourth-order valence-electron chi connectivity index (χ4n) is 4.69. The second kappa shape index (κ2) is 17.0. The van der Waals surface area contributed by atoms with E-state index in [1.807, 2.05) is 52.0 Å². The van der Waals surface area contributed by atoms with E-state index < -0.39 is 17.3 Å². The van der Waals surface area contributed by atoms with E-state index in [2.05, 4.69) is 64.3 Å². The Morgan fingerprint density at radius 2 is 1.40 bits per heavy atom. The Hall–Kier alpha value is -2.48. The third kappa shape index (κ3) is 10.7. The number of para-hydroxylation sites is 1. The third-order valence-corrected chi connectivity index (χ3v) is 8.19. The molecule has 2 aromatic carbocycles. The highest BCUT2D eigenvalue weighted by atomic mass is 16.6. The molecule has 0 aliphatic rings. The van der Waals surface area contributed by atoms with Crippen LogP contribution in [0.3, 0.4) is 0 Å². The molecule has 1 N–H and O–H groups in total. The van der Waals surface area contributed by atoms with Gasteiger partial charge in [0, 0.05) is 18.1 Å². The number of hydrogen-bond donors (Lipinski definition) is 1. The van der Waals surface area contributed by atoms with Gasteiger partial charge in [-0.05, 0) is 51.2 Å². The topological polar surface area (TPSA) is 66.4 Å². The molecule has 2 aromatic rings. The van der Waals surface area contributed by atoms with Crippen molar-refractivity contribution < 1.29 is 28.8 Å². The van der Waals surface area contributed by atoms with Crippen LogP contribution in [-0.4, -0.2) is 68.2 Å². The van der Waals surface area contributed by atoms with Crippen LogP contribution in [0, 0.1) is 5.41 Å². The van der Waals surface area contributed by atoms with Gasteiger partial charge < -0.3 is 28.8 Å². The van der Waals surface area contributed by atoms with E-state index in [-0.39, 0.29) is 30.7 Å². The molecule has 2 rings (SSSR count). The van der Waals surface area contributed by atoms with E-state index in [0.717, 1.165) is 11.3 Å². The summed E-state index contributed by atoms with van der Waals surface area (Å²) >= 11 is 0. The summed E-state index contributed by atoms with van der Waals surface area (Å²) in [5.74, 6) is 0.962. The van der Waals surface area contributed by atoms with Crippen LogP contribution in [0.15, 0.2) is 79.9 Å². The lowest BCUT2D eigenvalue weighted by atomic mass is 9.74. The molecule has 0 spiro atoms. The van der Waals surface area contributed by atoms with Gasteiger partial charge in [0.05, 0.1) is 38.6 Å². The predicted octanol–water partition coefficient (Wildman–Crippen LogP) is 7.36. The molecule has 0 aliphatic carbocycles. The maximum absolute atomic E-state index is 9.63. The van der Waals surface area contributed by atoms with Crippen LogP contribution in [0.2, 0.25) is 0 Å². The summed E-state index contributed by atoms with van der Waals surface area (Å²) in [5.41, 5.74) is 0.765. The largest absolute Gasteiger partial charge is 0.485 e. The highest BCUT2D eigenvalue weighted by Crippen LogP contribution is 2.38. The van der Waals surface area contributed by atoms with Gasteiger partial charge in [-0.1, -0.05) is 81.5 Å². The highest BCUT2D eigenvalue weighted by Gasteiger charge is 2.40. The molecule has 3 unspecified atom stereocenters. The second-order valence-electron chi connectivity index (χ2n) is 12.5. The van der Waals surface area contributed by atoms with E-state index >= 15 is 0 Å². The van der Waals surface area contributed by atoms with Gasteiger partial charge in [-0.3, -0.25) is 0 Å². The number of benzene rings is 2. The van der Waals surface area contributed by atoms with Crippen LogP contribution in [-0.2, 0) is 18.9 Å². The van der Waals surface area contributed by atoms with Crippen molar-refractivity contribution in [2.45, 2.75) is 84.2 Å². The minimum atomic E-state index is -0.744. The van der Waals surface area contributed by atoms with Gasteiger partial charge >= 0.3 is 0 Å². The summed E-state index contributed by atoms with van der Waals surface area (Å²) in [7, 11) is 0. The first kappa shape index (κ1) is 35.7. The Morgan fingerprint density at radius 1 is 0.810 bits per heavy atom. The monoisotopic (exact) mass is 582 g/mol. The fraction of sp³-hybridized carbons (Fsp3) is 0.556. The van der Waals surface area contributed by atoms with Crippen LogP contribution in [0.1, 0.15) is 71.9 Å². The number of aliphatic hydroxyl groups excluding tert-OH is 1. The van der Waals surface area contributed by atoms with Crippen molar-refractivity contribution >= 4 is 0 Å². The van der Waals surface area contributed by atoms with Crippen LogP contribution >= 0.6 is 0 Å². The molecule has 0 aliphatic heterocycles. The van der Waals surface area contributed by atoms with Crippen molar-refractivity contribution in [2.24, 2.45) is 5.41 Å². The molecule has 0 saturated carbocycles. The van der Waals surface area contributed by atoms with Gasteiger partial charge in [-0.2, -0.15) is 0 Å². The molecule has 0 bridgehead atoms. The summed E-state index contributed by atoms with van der Waals surface area (Å²) in [5, 5.41) is 9.63. The molecular formula is C36H54O6. The van der Waals surface area contributed by atoms with Crippen molar-refractivity contribution in [3.8, 4) is 5.75 Å². The third-order valence-electron chi connectivity index (χ3n) is 8.19. The first-order chi connectivity index (χ1) is 19.9. The van der Waals surface area contributed by atoms with Crippen molar-refractivity contribution in [1.29, 1.82) is 0 Å². The van der Waals surface area contributed by atoms with E-state index in [1.165, 1.54) is 5.56 Å². The molecule has 3 atom stereocenters. The molecule has 6 nitrogen and oxygen atoms in total. The SMILES string of the molecule is C=CCOCC(COC(COCC=C)C(C)(C)Oc1ccccc1C(C)c1ccccc1)OC(C)(C)C(C)(C)CCO. The Labute approximate surface area is 254 Å². The maximum Gasteiger partial charge on any atom is 0.132 e. The first-order valence-electron chi connectivity index (χ1n) is 15.0. The molecule has 0 radical (unpaired) electrons. The second-order valence-corrected chi connectivity index (χ2v) is 12.5.